The van der Waals surface area contributed by atoms with Crippen molar-refractivity contribution in [2.75, 3.05) is 0 Å². The number of aromatic nitrogens is 1. The van der Waals surface area contributed by atoms with E-state index in [1.807, 2.05) is 30.3 Å². The number of carbonyl (C=O) groups is 3. The van der Waals surface area contributed by atoms with Crippen LogP contribution in [0, 0.1) is 0 Å². The number of rotatable bonds is 6. The summed E-state index contributed by atoms with van der Waals surface area (Å²) in [6, 6.07) is 8.05. The summed E-state index contributed by atoms with van der Waals surface area (Å²) in [6.45, 7) is 0. The Morgan fingerprint density at radius 1 is 1.29 bits per heavy atom. The van der Waals surface area contributed by atoms with Crippen LogP contribution in [0.3, 0.4) is 0 Å². The minimum absolute atomic E-state index is 0.00276. The normalized spacial score (nSPS) is 12.0. The number of aromatic amines is 1. The second-order valence-corrected chi connectivity index (χ2v) is 4.69. The van der Waals surface area contributed by atoms with Crippen LogP contribution >= 0.6 is 0 Å². The molecule has 1 heterocycles. The van der Waals surface area contributed by atoms with Crippen molar-refractivity contribution < 1.29 is 19.5 Å². The van der Waals surface area contributed by atoms with Crippen molar-refractivity contribution >= 4 is 28.7 Å². The Morgan fingerprint density at radius 3 is 2.62 bits per heavy atom. The Morgan fingerprint density at radius 2 is 2.00 bits per heavy atom. The molecule has 2 rings (SSSR count). The first-order valence-electron chi connectivity index (χ1n) is 6.33. The van der Waals surface area contributed by atoms with Crippen LogP contribution in [0.5, 0.6) is 0 Å². The smallest absolute Gasteiger partial charge is 0.326 e. The topological polar surface area (TPSA) is 125 Å². The van der Waals surface area contributed by atoms with E-state index in [4.69, 9.17) is 10.8 Å². The third kappa shape index (κ3) is 3.82. The Hall–Kier alpha value is -2.83. The van der Waals surface area contributed by atoms with Crippen LogP contribution in [0.25, 0.3) is 10.9 Å². The maximum Gasteiger partial charge on any atom is 0.326 e. The van der Waals surface area contributed by atoms with Crippen LogP contribution < -0.4 is 11.1 Å². The van der Waals surface area contributed by atoms with Gasteiger partial charge in [-0.15, -0.1) is 0 Å². The van der Waals surface area contributed by atoms with Crippen LogP contribution in [-0.2, 0) is 20.8 Å². The first-order chi connectivity index (χ1) is 9.95. The van der Waals surface area contributed by atoms with E-state index >= 15 is 0 Å². The first kappa shape index (κ1) is 14.6. The number of fused-ring (bicyclic) bond motifs is 1. The van der Waals surface area contributed by atoms with Gasteiger partial charge in [0.2, 0.25) is 11.8 Å². The highest BCUT2D eigenvalue weighted by molar-refractivity contribution is 5.89. The Bertz CT molecular complexity index is 659. The molecule has 1 aromatic heterocycles. The number of hydrogen-bond donors (Lipinski definition) is 4. The van der Waals surface area contributed by atoms with Gasteiger partial charge < -0.3 is 21.1 Å². The molecular formula is C14H15N3O4. The molecule has 0 unspecified atom stereocenters. The number of hydrogen-bond acceptors (Lipinski definition) is 3. The van der Waals surface area contributed by atoms with Crippen molar-refractivity contribution in [1.82, 2.24) is 10.3 Å². The predicted molar refractivity (Wildman–Crippen MR) is 75.4 cm³/mol. The van der Waals surface area contributed by atoms with E-state index in [1.54, 1.807) is 0 Å². The van der Waals surface area contributed by atoms with Crippen molar-refractivity contribution in [3.63, 3.8) is 0 Å². The highest BCUT2D eigenvalue weighted by atomic mass is 16.4. The summed E-state index contributed by atoms with van der Waals surface area (Å²) in [6.07, 6.45) is -0.439. The molecule has 0 fully saturated rings. The average molecular weight is 289 g/mol. The second-order valence-electron chi connectivity index (χ2n) is 4.69. The van der Waals surface area contributed by atoms with Gasteiger partial charge in [-0.1, -0.05) is 18.2 Å². The molecule has 21 heavy (non-hydrogen) atoms. The van der Waals surface area contributed by atoms with Crippen molar-refractivity contribution in [3.8, 4) is 0 Å². The molecule has 0 saturated carbocycles. The van der Waals surface area contributed by atoms with Crippen LogP contribution in [-0.4, -0.2) is 33.9 Å². The lowest BCUT2D eigenvalue weighted by molar-refractivity contribution is -0.143. The van der Waals surface area contributed by atoms with E-state index in [1.165, 1.54) is 0 Å². The number of nitrogens with one attached hydrogen (secondary N) is 2. The molecule has 7 nitrogen and oxygen atoms in total. The molecule has 1 atom stereocenters. The summed E-state index contributed by atoms with van der Waals surface area (Å²) in [5, 5.41) is 12.2. The van der Waals surface area contributed by atoms with E-state index in [0.29, 0.717) is 5.69 Å². The van der Waals surface area contributed by atoms with Gasteiger partial charge in [0.25, 0.3) is 0 Å². The Labute approximate surface area is 120 Å². The molecule has 1 aromatic carbocycles. The standard InChI is InChI=1S/C14H15N3O4/c15-12(18)7-11(14(20)21)17-13(19)6-9-5-8-3-1-2-4-10(8)16-9/h1-5,11,16H,6-7H2,(H2,15,18)(H,17,19)(H,20,21)/t11-/m0/s1. The molecule has 0 saturated heterocycles. The van der Waals surface area contributed by atoms with Gasteiger partial charge in [-0.3, -0.25) is 9.59 Å². The SMILES string of the molecule is NC(=O)C[C@H](NC(=O)Cc1cc2ccccc2[nH]1)C(=O)O. The molecule has 0 radical (unpaired) electrons. The number of primary amides is 1. The molecule has 0 bridgehead atoms. The largest absolute Gasteiger partial charge is 0.480 e. The van der Waals surface area contributed by atoms with Crippen molar-refractivity contribution in [3.05, 3.63) is 36.0 Å². The van der Waals surface area contributed by atoms with E-state index in [-0.39, 0.29) is 6.42 Å². The molecular weight excluding hydrogens is 274 g/mol. The first-order valence-corrected chi connectivity index (χ1v) is 6.33. The zero-order valence-corrected chi connectivity index (χ0v) is 11.1. The summed E-state index contributed by atoms with van der Waals surface area (Å²) in [4.78, 5) is 36.6. The third-order valence-corrected chi connectivity index (χ3v) is 2.98. The summed E-state index contributed by atoms with van der Waals surface area (Å²) in [5.41, 5.74) is 6.51. The molecule has 0 spiro atoms. The van der Waals surface area contributed by atoms with E-state index in [9.17, 15) is 14.4 Å². The van der Waals surface area contributed by atoms with Crippen LogP contribution in [0.4, 0.5) is 0 Å². The van der Waals surface area contributed by atoms with Gasteiger partial charge in [0.05, 0.1) is 12.8 Å². The lowest BCUT2D eigenvalue weighted by Crippen LogP contribution is -2.43. The number of carbonyl (C=O) groups excluding carboxylic acids is 2. The number of carboxylic acid groups (broad SMARTS) is 1. The molecule has 7 heteroatoms. The maximum atomic E-state index is 11.8. The fourth-order valence-electron chi connectivity index (χ4n) is 2.05. The predicted octanol–water partition coefficient (Wildman–Crippen LogP) is 0.155. The molecule has 0 aliphatic heterocycles. The monoisotopic (exact) mass is 289 g/mol. The summed E-state index contributed by atoms with van der Waals surface area (Å²) >= 11 is 0. The number of carboxylic acids is 1. The van der Waals surface area contributed by atoms with Crippen molar-refractivity contribution in [2.45, 2.75) is 18.9 Å². The fraction of sp³-hybridized carbons (Fsp3) is 0.214. The number of benzene rings is 1. The number of aliphatic carboxylic acids is 1. The average Bonchev–Trinajstić information content (AvgIpc) is 2.79. The van der Waals surface area contributed by atoms with E-state index in [0.717, 1.165) is 10.9 Å². The van der Waals surface area contributed by atoms with Crippen LogP contribution in [0.15, 0.2) is 30.3 Å². The quantitative estimate of drug-likeness (QED) is 0.604. The van der Waals surface area contributed by atoms with Gasteiger partial charge >= 0.3 is 5.97 Å². The number of amides is 2. The van der Waals surface area contributed by atoms with Gasteiger partial charge in [0, 0.05) is 11.2 Å². The van der Waals surface area contributed by atoms with Crippen molar-refractivity contribution in [1.29, 1.82) is 0 Å². The number of para-hydroxylation sites is 1. The minimum atomic E-state index is -1.31. The van der Waals surface area contributed by atoms with Gasteiger partial charge in [-0.2, -0.15) is 0 Å². The van der Waals surface area contributed by atoms with Gasteiger partial charge in [0.1, 0.15) is 6.04 Å². The van der Waals surface area contributed by atoms with Crippen LogP contribution in [0.2, 0.25) is 0 Å². The van der Waals surface area contributed by atoms with Crippen LogP contribution in [0.1, 0.15) is 12.1 Å². The third-order valence-electron chi connectivity index (χ3n) is 2.98. The molecule has 2 aromatic rings. The molecule has 5 N–H and O–H groups in total. The Kier molecular flexibility index (Phi) is 4.22. The van der Waals surface area contributed by atoms with Gasteiger partial charge in [0.15, 0.2) is 0 Å². The number of nitrogens with two attached hydrogens (primary N) is 1. The fourth-order valence-corrected chi connectivity index (χ4v) is 2.05. The zero-order valence-electron chi connectivity index (χ0n) is 11.1. The Balaban J connectivity index is 2.03. The van der Waals surface area contributed by atoms with E-state index < -0.39 is 30.2 Å². The van der Waals surface area contributed by atoms with Gasteiger partial charge in [-0.25, -0.2) is 4.79 Å². The van der Waals surface area contributed by atoms with E-state index in [2.05, 4.69) is 10.3 Å². The summed E-state index contributed by atoms with van der Waals surface area (Å²) in [5.74, 6) is -2.57. The second kappa shape index (κ2) is 6.08. The molecule has 0 aliphatic carbocycles. The number of H-pyrrole nitrogens is 1. The minimum Gasteiger partial charge on any atom is -0.480 e. The summed E-state index contributed by atoms with van der Waals surface area (Å²) < 4.78 is 0. The summed E-state index contributed by atoms with van der Waals surface area (Å²) in [7, 11) is 0. The molecule has 2 amide bonds. The lowest BCUT2D eigenvalue weighted by atomic mass is 10.2. The highest BCUT2D eigenvalue weighted by Crippen LogP contribution is 2.14. The van der Waals surface area contributed by atoms with Crippen molar-refractivity contribution in [2.24, 2.45) is 5.73 Å². The zero-order chi connectivity index (χ0) is 15.4. The highest BCUT2D eigenvalue weighted by Gasteiger charge is 2.22. The maximum absolute atomic E-state index is 11.8. The van der Waals surface area contributed by atoms with Gasteiger partial charge in [-0.05, 0) is 17.5 Å². The lowest BCUT2D eigenvalue weighted by Gasteiger charge is -2.12. The molecule has 110 valence electrons. The molecule has 0 aliphatic rings.